The average molecular weight is 271 g/mol. The van der Waals surface area contributed by atoms with Gasteiger partial charge in [0.1, 0.15) is 0 Å². The summed E-state index contributed by atoms with van der Waals surface area (Å²) in [5.41, 5.74) is 6.02. The average Bonchev–Trinajstić information content (AvgIpc) is 2.35. The van der Waals surface area contributed by atoms with Crippen LogP contribution in [-0.4, -0.2) is 67.7 Å². The molecule has 1 saturated heterocycles. The standard InChI is InChI=1S/C14H29N3O2/c1-11(2)13(15)5-6-16(4)10-14(18)17-7-8-19-12(3)9-17/h11-13H,5-10,15H2,1-4H3. The van der Waals surface area contributed by atoms with Gasteiger partial charge in [-0.1, -0.05) is 13.8 Å². The van der Waals surface area contributed by atoms with Crippen LogP contribution in [-0.2, 0) is 9.53 Å². The first kappa shape index (κ1) is 16.4. The SMILES string of the molecule is CC1CN(C(=O)CN(C)CCC(N)C(C)C)CCO1. The monoisotopic (exact) mass is 271 g/mol. The quantitative estimate of drug-likeness (QED) is 0.766. The van der Waals surface area contributed by atoms with Gasteiger partial charge in [-0.15, -0.1) is 0 Å². The third-order valence-corrected chi connectivity index (χ3v) is 3.70. The largest absolute Gasteiger partial charge is 0.375 e. The molecule has 2 unspecified atom stereocenters. The van der Waals surface area contributed by atoms with Gasteiger partial charge in [-0.2, -0.15) is 0 Å². The second-order valence-corrected chi connectivity index (χ2v) is 5.96. The van der Waals surface area contributed by atoms with E-state index in [0.717, 1.165) is 13.0 Å². The number of hydrogen-bond donors (Lipinski definition) is 1. The Kier molecular flexibility index (Phi) is 6.75. The Balaban J connectivity index is 2.27. The highest BCUT2D eigenvalue weighted by Gasteiger charge is 2.22. The van der Waals surface area contributed by atoms with E-state index in [2.05, 4.69) is 18.7 Å². The van der Waals surface area contributed by atoms with E-state index in [9.17, 15) is 4.79 Å². The van der Waals surface area contributed by atoms with Crippen LogP contribution in [0.3, 0.4) is 0 Å². The molecule has 0 spiro atoms. The van der Waals surface area contributed by atoms with Crippen molar-refractivity contribution in [1.82, 2.24) is 9.80 Å². The Morgan fingerprint density at radius 1 is 1.53 bits per heavy atom. The number of likely N-dealkylation sites (N-methyl/N-ethyl adjacent to an activating group) is 1. The van der Waals surface area contributed by atoms with Crippen LogP contribution in [0.1, 0.15) is 27.2 Å². The van der Waals surface area contributed by atoms with E-state index in [0.29, 0.717) is 32.2 Å². The van der Waals surface area contributed by atoms with Crippen molar-refractivity contribution in [3.8, 4) is 0 Å². The van der Waals surface area contributed by atoms with Crippen molar-refractivity contribution < 1.29 is 9.53 Å². The zero-order chi connectivity index (χ0) is 14.4. The highest BCUT2D eigenvalue weighted by atomic mass is 16.5. The molecule has 5 nitrogen and oxygen atoms in total. The van der Waals surface area contributed by atoms with E-state index in [1.165, 1.54) is 0 Å². The molecule has 1 heterocycles. The Morgan fingerprint density at radius 2 is 2.21 bits per heavy atom. The lowest BCUT2D eigenvalue weighted by atomic mass is 10.0. The van der Waals surface area contributed by atoms with E-state index in [1.54, 1.807) is 0 Å². The molecule has 0 aromatic carbocycles. The summed E-state index contributed by atoms with van der Waals surface area (Å²) in [5, 5.41) is 0. The molecule has 112 valence electrons. The first-order chi connectivity index (χ1) is 8.90. The molecule has 1 aliphatic heterocycles. The molecular formula is C14H29N3O2. The normalized spacial score (nSPS) is 22.1. The summed E-state index contributed by atoms with van der Waals surface area (Å²) in [6, 6.07) is 0.209. The van der Waals surface area contributed by atoms with Crippen LogP contribution in [0, 0.1) is 5.92 Å². The topological polar surface area (TPSA) is 58.8 Å². The number of morpholine rings is 1. The predicted molar refractivity (Wildman–Crippen MR) is 76.9 cm³/mol. The first-order valence-corrected chi connectivity index (χ1v) is 7.23. The number of nitrogens with two attached hydrogens (primary N) is 1. The fraction of sp³-hybridized carbons (Fsp3) is 0.929. The molecule has 1 rings (SSSR count). The second-order valence-electron chi connectivity index (χ2n) is 5.96. The summed E-state index contributed by atoms with van der Waals surface area (Å²) in [5.74, 6) is 0.681. The third-order valence-electron chi connectivity index (χ3n) is 3.70. The number of hydrogen-bond acceptors (Lipinski definition) is 4. The molecule has 2 N–H and O–H groups in total. The molecule has 1 aliphatic rings. The number of ether oxygens (including phenoxy) is 1. The zero-order valence-corrected chi connectivity index (χ0v) is 12.8. The minimum atomic E-state index is 0.150. The van der Waals surface area contributed by atoms with E-state index in [-0.39, 0.29) is 18.1 Å². The minimum Gasteiger partial charge on any atom is -0.375 e. The number of carbonyl (C=O) groups excluding carboxylic acids is 1. The van der Waals surface area contributed by atoms with E-state index in [1.807, 2.05) is 18.9 Å². The van der Waals surface area contributed by atoms with Gasteiger partial charge >= 0.3 is 0 Å². The minimum absolute atomic E-state index is 0.150. The van der Waals surface area contributed by atoms with Crippen molar-refractivity contribution in [3.05, 3.63) is 0 Å². The Labute approximate surface area is 117 Å². The fourth-order valence-electron chi connectivity index (χ4n) is 2.16. The number of rotatable bonds is 6. The molecule has 0 aromatic heterocycles. The van der Waals surface area contributed by atoms with E-state index in [4.69, 9.17) is 10.5 Å². The lowest BCUT2D eigenvalue weighted by molar-refractivity contribution is -0.139. The second kappa shape index (κ2) is 7.82. The number of amides is 1. The van der Waals surface area contributed by atoms with Gasteiger partial charge in [0, 0.05) is 19.1 Å². The highest BCUT2D eigenvalue weighted by molar-refractivity contribution is 5.78. The molecular weight excluding hydrogens is 242 g/mol. The number of nitrogens with zero attached hydrogens (tertiary/aromatic N) is 2. The van der Waals surface area contributed by atoms with Crippen molar-refractivity contribution in [2.45, 2.75) is 39.3 Å². The molecule has 1 fully saturated rings. The molecule has 2 atom stereocenters. The Hall–Kier alpha value is -0.650. The summed E-state index contributed by atoms with van der Waals surface area (Å²) in [7, 11) is 1.98. The summed E-state index contributed by atoms with van der Waals surface area (Å²) in [6.07, 6.45) is 1.08. The molecule has 0 bridgehead atoms. The highest BCUT2D eigenvalue weighted by Crippen LogP contribution is 2.06. The summed E-state index contributed by atoms with van der Waals surface area (Å²) >= 11 is 0. The van der Waals surface area contributed by atoms with Crippen LogP contribution < -0.4 is 5.73 Å². The molecule has 19 heavy (non-hydrogen) atoms. The molecule has 0 saturated carbocycles. The van der Waals surface area contributed by atoms with Crippen LogP contribution in [0.15, 0.2) is 0 Å². The van der Waals surface area contributed by atoms with Crippen LogP contribution in [0.5, 0.6) is 0 Å². The summed E-state index contributed by atoms with van der Waals surface area (Å²) in [6.45, 7) is 9.67. The van der Waals surface area contributed by atoms with Crippen LogP contribution >= 0.6 is 0 Å². The van der Waals surface area contributed by atoms with Gasteiger partial charge in [0.25, 0.3) is 0 Å². The zero-order valence-electron chi connectivity index (χ0n) is 12.8. The first-order valence-electron chi connectivity index (χ1n) is 7.23. The summed E-state index contributed by atoms with van der Waals surface area (Å²) < 4.78 is 5.44. The van der Waals surface area contributed by atoms with Gasteiger partial charge in [-0.25, -0.2) is 0 Å². The fourth-order valence-corrected chi connectivity index (χ4v) is 2.16. The van der Waals surface area contributed by atoms with Gasteiger partial charge in [-0.05, 0) is 32.9 Å². The van der Waals surface area contributed by atoms with Crippen molar-refractivity contribution in [1.29, 1.82) is 0 Å². The third kappa shape index (κ3) is 5.89. The molecule has 0 aliphatic carbocycles. The molecule has 0 radical (unpaired) electrons. The van der Waals surface area contributed by atoms with Crippen molar-refractivity contribution >= 4 is 5.91 Å². The lowest BCUT2D eigenvalue weighted by Gasteiger charge is -2.32. The predicted octanol–water partition coefficient (Wildman–Crippen LogP) is 0.539. The maximum atomic E-state index is 12.1. The Morgan fingerprint density at radius 3 is 2.79 bits per heavy atom. The van der Waals surface area contributed by atoms with Crippen molar-refractivity contribution in [2.75, 3.05) is 39.8 Å². The van der Waals surface area contributed by atoms with Crippen LogP contribution in [0.2, 0.25) is 0 Å². The lowest BCUT2D eigenvalue weighted by Crippen LogP contribution is -2.48. The molecule has 1 amide bonds. The van der Waals surface area contributed by atoms with Gasteiger partial charge in [0.15, 0.2) is 0 Å². The maximum Gasteiger partial charge on any atom is 0.236 e. The van der Waals surface area contributed by atoms with Gasteiger partial charge in [-0.3, -0.25) is 9.69 Å². The van der Waals surface area contributed by atoms with Gasteiger partial charge in [0.05, 0.1) is 19.3 Å². The molecule has 0 aromatic rings. The smallest absolute Gasteiger partial charge is 0.236 e. The van der Waals surface area contributed by atoms with Crippen molar-refractivity contribution in [2.24, 2.45) is 11.7 Å². The molecule has 5 heteroatoms. The van der Waals surface area contributed by atoms with Gasteiger partial charge < -0.3 is 15.4 Å². The van der Waals surface area contributed by atoms with Crippen LogP contribution in [0.4, 0.5) is 0 Å². The van der Waals surface area contributed by atoms with E-state index >= 15 is 0 Å². The summed E-state index contributed by atoms with van der Waals surface area (Å²) in [4.78, 5) is 16.1. The Bertz CT molecular complexity index is 284. The maximum absolute atomic E-state index is 12.1. The van der Waals surface area contributed by atoms with Crippen molar-refractivity contribution in [3.63, 3.8) is 0 Å². The van der Waals surface area contributed by atoms with Gasteiger partial charge in [0.2, 0.25) is 5.91 Å². The number of carbonyl (C=O) groups is 1. The van der Waals surface area contributed by atoms with Crippen LogP contribution in [0.25, 0.3) is 0 Å². The van der Waals surface area contributed by atoms with E-state index < -0.39 is 0 Å².